The largest absolute Gasteiger partial charge is 0.457 e. The number of amidine groups is 1. The number of ether oxygens (including phenoxy) is 1. The molecule has 2 aliphatic rings. The highest BCUT2D eigenvalue weighted by atomic mass is 19.1. The Morgan fingerprint density at radius 3 is 2.51 bits per heavy atom. The number of hydrazone groups is 1. The highest BCUT2D eigenvalue weighted by Gasteiger charge is 2.33. The number of amides is 1. The minimum atomic E-state index is -0.935. The predicted octanol–water partition coefficient (Wildman–Crippen LogP) is 4.82. The summed E-state index contributed by atoms with van der Waals surface area (Å²) in [6, 6.07) is 17.2. The van der Waals surface area contributed by atoms with Crippen molar-refractivity contribution in [3.63, 3.8) is 0 Å². The van der Waals surface area contributed by atoms with E-state index in [1.165, 1.54) is 11.2 Å². The number of H-pyrrole nitrogens is 1. The van der Waals surface area contributed by atoms with Gasteiger partial charge in [0.15, 0.2) is 17.5 Å². The van der Waals surface area contributed by atoms with Crippen LogP contribution < -0.4 is 15.1 Å². The van der Waals surface area contributed by atoms with Gasteiger partial charge in [0.25, 0.3) is 5.91 Å². The molecule has 0 bridgehead atoms. The Kier molecular flexibility index (Phi) is 5.76. The molecule has 2 aliphatic heterocycles. The van der Waals surface area contributed by atoms with Gasteiger partial charge in [-0.1, -0.05) is 24.8 Å². The number of anilines is 2. The van der Waals surface area contributed by atoms with Crippen LogP contribution in [0.4, 0.5) is 15.9 Å². The van der Waals surface area contributed by atoms with Gasteiger partial charge in [-0.05, 0) is 49.2 Å². The number of carbonyl (C=O) groups excluding carboxylic acids is 1. The molecule has 2 aromatic heterocycles. The lowest BCUT2D eigenvalue weighted by molar-refractivity contribution is -0.129. The number of para-hydroxylation sites is 1. The lowest BCUT2D eigenvalue weighted by Crippen LogP contribution is -2.46. The summed E-state index contributed by atoms with van der Waals surface area (Å²) in [4.78, 5) is 25.6. The van der Waals surface area contributed by atoms with E-state index in [1.807, 2.05) is 65.8 Å². The second-order valence-corrected chi connectivity index (χ2v) is 8.91. The van der Waals surface area contributed by atoms with Crippen LogP contribution in [0.2, 0.25) is 0 Å². The molecular weight excluding hydrogens is 473 g/mol. The van der Waals surface area contributed by atoms with Gasteiger partial charge in [0.2, 0.25) is 0 Å². The molecule has 2 N–H and O–H groups in total. The quantitative estimate of drug-likeness (QED) is 0.384. The average molecular weight is 498 g/mol. The van der Waals surface area contributed by atoms with E-state index in [4.69, 9.17) is 9.84 Å². The van der Waals surface area contributed by atoms with Crippen molar-refractivity contribution in [3.05, 3.63) is 85.1 Å². The second kappa shape index (κ2) is 9.38. The molecule has 1 saturated heterocycles. The van der Waals surface area contributed by atoms with E-state index >= 15 is 0 Å². The van der Waals surface area contributed by atoms with E-state index in [1.54, 1.807) is 0 Å². The Labute approximate surface area is 212 Å². The van der Waals surface area contributed by atoms with Gasteiger partial charge in [-0.25, -0.2) is 19.4 Å². The summed E-state index contributed by atoms with van der Waals surface area (Å²) in [7, 11) is 0. The topological polar surface area (TPSA) is 98.7 Å². The lowest BCUT2D eigenvalue weighted by atomic mass is 10.0. The fourth-order valence-corrected chi connectivity index (χ4v) is 4.72. The number of carbonyl (C=O) groups is 1. The van der Waals surface area contributed by atoms with Crippen LogP contribution in [0, 0.1) is 0 Å². The van der Waals surface area contributed by atoms with Gasteiger partial charge in [0.1, 0.15) is 23.5 Å². The number of aromatic amines is 1. The SMILES string of the molecule is C=C(F)C(=O)N1CCC(N2N=C(Nc3ccc(Oc4ccccc4)cc3)c3c[nH]c4ncnc2c34)CC1. The zero-order valence-electron chi connectivity index (χ0n) is 19.9. The molecule has 9 nitrogen and oxygen atoms in total. The molecule has 0 atom stereocenters. The van der Waals surface area contributed by atoms with Gasteiger partial charge < -0.3 is 19.9 Å². The average Bonchev–Trinajstić information content (AvgIpc) is 3.37. The summed E-state index contributed by atoms with van der Waals surface area (Å²) in [6.07, 6.45) is 4.61. The van der Waals surface area contributed by atoms with Crippen molar-refractivity contribution >= 4 is 34.3 Å². The summed E-state index contributed by atoms with van der Waals surface area (Å²) in [5, 5.41) is 11.1. The number of likely N-dealkylation sites (tertiary alicyclic amines) is 1. The number of piperidine rings is 1. The standard InChI is InChI=1S/C27H24FN7O2/c1-17(28)27(36)34-13-11-19(12-14-34)35-26-23-22(15-29-25(23)30-16-31-26)24(33-35)32-18-7-9-21(10-8-18)37-20-5-3-2-4-6-20/h2-10,15-16,19H,1,11-14H2,(H,32,33)(H,29,30,31). The third kappa shape index (κ3) is 4.37. The van der Waals surface area contributed by atoms with Gasteiger partial charge in [0.05, 0.1) is 11.4 Å². The zero-order valence-corrected chi connectivity index (χ0v) is 19.9. The van der Waals surface area contributed by atoms with Crippen molar-refractivity contribution < 1.29 is 13.9 Å². The maximum atomic E-state index is 13.4. The predicted molar refractivity (Wildman–Crippen MR) is 139 cm³/mol. The molecule has 10 heteroatoms. The first-order chi connectivity index (χ1) is 18.1. The number of nitrogens with zero attached hydrogens (tertiary/aromatic N) is 5. The van der Waals surface area contributed by atoms with Crippen molar-refractivity contribution in [2.75, 3.05) is 23.4 Å². The van der Waals surface area contributed by atoms with Crippen LogP contribution in [0.15, 0.2) is 84.6 Å². The third-order valence-corrected chi connectivity index (χ3v) is 6.56. The second-order valence-electron chi connectivity index (χ2n) is 8.91. The summed E-state index contributed by atoms with van der Waals surface area (Å²) < 4.78 is 19.2. The van der Waals surface area contributed by atoms with E-state index in [2.05, 4.69) is 26.8 Å². The summed E-state index contributed by atoms with van der Waals surface area (Å²) in [5.74, 6) is 1.27. The van der Waals surface area contributed by atoms with Crippen LogP contribution in [0.25, 0.3) is 11.0 Å². The van der Waals surface area contributed by atoms with Crippen molar-refractivity contribution in [3.8, 4) is 11.5 Å². The molecule has 4 aromatic rings. The zero-order chi connectivity index (χ0) is 25.4. The molecule has 2 aromatic carbocycles. The molecule has 1 amide bonds. The smallest absolute Gasteiger partial charge is 0.281 e. The first-order valence-corrected chi connectivity index (χ1v) is 12.0. The Morgan fingerprint density at radius 1 is 1.05 bits per heavy atom. The molecule has 0 aliphatic carbocycles. The number of hydrogen-bond donors (Lipinski definition) is 2. The number of aromatic nitrogens is 3. The fraction of sp³-hybridized carbons (Fsp3) is 0.185. The maximum Gasteiger partial charge on any atom is 0.281 e. The van der Waals surface area contributed by atoms with Crippen LogP contribution in [0.1, 0.15) is 18.4 Å². The molecule has 186 valence electrons. The fourth-order valence-electron chi connectivity index (χ4n) is 4.72. The number of benzene rings is 2. The Bertz CT molecular complexity index is 1490. The van der Waals surface area contributed by atoms with Crippen LogP contribution >= 0.6 is 0 Å². The van der Waals surface area contributed by atoms with Crippen molar-refractivity contribution in [1.29, 1.82) is 0 Å². The highest BCUT2D eigenvalue weighted by molar-refractivity contribution is 6.19. The number of halogens is 1. The summed E-state index contributed by atoms with van der Waals surface area (Å²) in [5.41, 5.74) is 2.43. The minimum Gasteiger partial charge on any atom is -0.457 e. The van der Waals surface area contributed by atoms with Crippen LogP contribution in [-0.2, 0) is 4.79 Å². The first kappa shape index (κ1) is 22.7. The number of rotatable bonds is 5. The molecule has 0 saturated carbocycles. The van der Waals surface area contributed by atoms with Gasteiger partial charge in [-0.2, -0.15) is 5.10 Å². The van der Waals surface area contributed by atoms with E-state index in [0.717, 1.165) is 28.1 Å². The van der Waals surface area contributed by atoms with Crippen molar-refractivity contribution in [2.45, 2.75) is 18.9 Å². The van der Waals surface area contributed by atoms with Crippen molar-refractivity contribution in [2.24, 2.45) is 5.10 Å². The van der Waals surface area contributed by atoms with Crippen molar-refractivity contribution in [1.82, 2.24) is 19.9 Å². The molecule has 0 radical (unpaired) electrons. The van der Waals surface area contributed by atoms with Gasteiger partial charge in [-0.3, -0.25) is 4.79 Å². The van der Waals surface area contributed by atoms with Gasteiger partial charge in [-0.15, -0.1) is 0 Å². The van der Waals surface area contributed by atoms with Gasteiger partial charge in [0, 0.05) is 30.5 Å². The molecule has 0 unspecified atom stereocenters. The minimum absolute atomic E-state index is 0.0171. The lowest BCUT2D eigenvalue weighted by Gasteiger charge is -2.37. The molecule has 37 heavy (non-hydrogen) atoms. The molecule has 4 heterocycles. The maximum absolute atomic E-state index is 13.4. The highest BCUT2D eigenvalue weighted by Crippen LogP contribution is 2.35. The van der Waals surface area contributed by atoms with Gasteiger partial charge >= 0.3 is 0 Å². The first-order valence-electron chi connectivity index (χ1n) is 12.0. The molecule has 6 rings (SSSR count). The van der Waals surface area contributed by atoms with Crippen LogP contribution in [-0.4, -0.2) is 50.7 Å². The Hall–Kier alpha value is -4.73. The monoisotopic (exact) mass is 497 g/mol. The molecular formula is C27H24FN7O2. The Balaban J connectivity index is 1.25. The molecule has 1 fully saturated rings. The van der Waals surface area contributed by atoms with E-state index in [0.29, 0.717) is 43.2 Å². The number of nitrogens with one attached hydrogen (secondary N) is 2. The third-order valence-electron chi connectivity index (χ3n) is 6.56. The number of hydrogen-bond acceptors (Lipinski definition) is 7. The summed E-state index contributed by atoms with van der Waals surface area (Å²) in [6.45, 7) is 3.96. The van der Waals surface area contributed by atoms with Crippen LogP contribution in [0.3, 0.4) is 0 Å². The molecule has 0 spiro atoms. The van der Waals surface area contributed by atoms with E-state index in [-0.39, 0.29) is 6.04 Å². The van der Waals surface area contributed by atoms with E-state index < -0.39 is 11.7 Å². The van der Waals surface area contributed by atoms with E-state index in [9.17, 15) is 9.18 Å². The summed E-state index contributed by atoms with van der Waals surface area (Å²) >= 11 is 0. The Morgan fingerprint density at radius 2 is 1.78 bits per heavy atom. The van der Waals surface area contributed by atoms with Crippen LogP contribution in [0.5, 0.6) is 11.5 Å². The normalized spacial score (nSPS) is 15.4.